The molecule has 0 bridgehead atoms. The van der Waals surface area contributed by atoms with Gasteiger partial charge in [0.2, 0.25) is 5.95 Å². The molecule has 0 atom stereocenters. The first-order chi connectivity index (χ1) is 11.2. The van der Waals surface area contributed by atoms with Crippen molar-refractivity contribution in [2.45, 2.75) is 11.8 Å². The first-order valence-electron chi connectivity index (χ1n) is 6.27. The Morgan fingerprint density at radius 1 is 1.29 bits per heavy atom. The Morgan fingerprint density at radius 2 is 1.96 bits per heavy atom. The van der Waals surface area contributed by atoms with Gasteiger partial charge in [-0.3, -0.25) is 15.4 Å². The number of amides is 2. The van der Waals surface area contributed by atoms with Gasteiger partial charge in [-0.15, -0.1) is 0 Å². The first-order valence-corrected chi connectivity index (χ1v) is 8.13. The molecule has 0 aliphatic rings. The molecule has 2 N–H and O–H groups in total. The maximum atomic E-state index is 12.1. The lowest BCUT2D eigenvalue weighted by atomic mass is 10.3. The van der Waals surface area contributed by atoms with E-state index in [0.29, 0.717) is 5.69 Å². The summed E-state index contributed by atoms with van der Waals surface area (Å²) in [5.41, 5.74) is -0.209. The fourth-order valence-electron chi connectivity index (χ4n) is 1.73. The van der Waals surface area contributed by atoms with Crippen molar-refractivity contribution in [2.24, 2.45) is 0 Å². The van der Waals surface area contributed by atoms with Crippen molar-refractivity contribution in [3.05, 3.63) is 51.3 Å². The molecule has 0 aliphatic heterocycles. The van der Waals surface area contributed by atoms with Crippen LogP contribution in [0.5, 0.6) is 0 Å². The van der Waals surface area contributed by atoms with Crippen LogP contribution in [0.1, 0.15) is 5.69 Å². The number of nitrogens with zero attached hydrogens (tertiary/aromatic N) is 3. The molecule has 24 heavy (non-hydrogen) atoms. The number of nitro benzene ring substituents is 1. The topological polar surface area (TPSA) is 144 Å². The maximum absolute atomic E-state index is 12.1. The second kappa shape index (κ2) is 6.76. The second-order valence-corrected chi connectivity index (χ2v) is 6.48. The van der Waals surface area contributed by atoms with E-state index >= 15 is 0 Å². The fourth-order valence-corrected chi connectivity index (χ4v) is 3.04. The highest BCUT2D eigenvalue weighted by Gasteiger charge is 2.27. The summed E-state index contributed by atoms with van der Waals surface area (Å²) in [4.78, 5) is 28.8. The minimum absolute atomic E-state index is 0.0550. The smallest absolute Gasteiger partial charge is 0.275 e. The number of sulfonamides is 1. The largest absolute Gasteiger partial charge is 0.335 e. The molecule has 0 aliphatic carbocycles. The van der Waals surface area contributed by atoms with Crippen LogP contribution in [0, 0.1) is 17.0 Å². The van der Waals surface area contributed by atoms with Crippen LogP contribution in [0.4, 0.5) is 16.4 Å². The lowest BCUT2D eigenvalue weighted by Crippen LogP contribution is -2.35. The molecular formula is C12H10ClN5O5S. The number of rotatable bonds is 4. The Hall–Kier alpha value is -2.79. The average Bonchev–Trinajstić information content (AvgIpc) is 2.45. The Kier molecular flexibility index (Phi) is 4.95. The van der Waals surface area contributed by atoms with E-state index in [0.717, 1.165) is 12.1 Å². The number of aromatic nitrogens is 2. The molecule has 1 aromatic heterocycles. The summed E-state index contributed by atoms with van der Waals surface area (Å²) in [6, 6.07) is 4.87. The zero-order valence-electron chi connectivity index (χ0n) is 12.1. The summed E-state index contributed by atoms with van der Waals surface area (Å²) >= 11 is 5.70. The van der Waals surface area contributed by atoms with Crippen molar-refractivity contribution in [3.8, 4) is 0 Å². The lowest BCUT2D eigenvalue weighted by molar-refractivity contribution is -0.387. The zero-order valence-corrected chi connectivity index (χ0v) is 13.6. The first kappa shape index (κ1) is 17.6. The van der Waals surface area contributed by atoms with Crippen molar-refractivity contribution in [1.29, 1.82) is 0 Å². The highest BCUT2D eigenvalue weighted by Crippen LogP contribution is 2.22. The number of carbonyl (C=O) groups is 1. The van der Waals surface area contributed by atoms with Crippen LogP contribution in [0.2, 0.25) is 5.15 Å². The molecule has 126 valence electrons. The van der Waals surface area contributed by atoms with Gasteiger partial charge in [-0.2, -0.15) is 0 Å². The van der Waals surface area contributed by atoms with E-state index in [1.807, 2.05) is 0 Å². The van der Waals surface area contributed by atoms with Crippen molar-refractivity contribution in [1.82, 2.24) is 14.7 Å². The summed E-state index contributed by atoms with van der Waals surface area (Å²) < 4.78 is 25.9. The molecule has 10 nitrogen and oxygen atoms in total. The van der Waals surface area contributed by atoms with Gasteiger partial charge >= 0.3 is 6.03 Å². The average molecular weight is 372 g/mol. The van der Waals surface area contributed by atoms with Gasteiger partial charge in [-0.1, -0.05) is 23.7 Å². The van der Waals surface area contributed by atoms with Gasteiger partial charge in [0, 0.05) is 11.8 Å². The number of anilines is 1. The minimum Gasteiger partial charge on any atom is -0.275 e. The number of halogens is 1. The third kappa shape index (κ3) is 4.14. The molecule has 12 heteroatoms. The number of urea groups is 1. The second-order valence-electron chi connectivity index (χ2n) is 4.44. The van der Waals surface area contributed by atoms with Gasteiger partial charge in [0.25, 0.3) is 15.7 Å². The molecule has 2 amide bonds. The van der Waals surface area contributed by atoms with Crippen molar-refractivity contribution < 1.29 is 18.1 Å². The Morgan fingerprint density at radius 3 is 2.58 bits per heavy atom. The molecule has 0 saturated heterocycles. The van der Waals surface area contributed by atoms with Crippen LogP contribution < -0.4 is 10.0 Å². The molecule has 0 unspecified atom stereocenters. The number of carbonyl (C=O) groups excluding carboxylic acids is 1. The van der Waals surface area contributed by atoms with E-state index in [-0.39, 0.29) is 11.1 Å². The molecule has 0 saturated carbocycles. The molecule has 1 heterocycles. The van der Waals surface area contributed by atoms with Gasteiger partial charge in [-0.05, 0) is 19.1 Å². The van der Waals surface area contributed by atoms with Crippen molar-refractivity contribution in [3.63, 3.8) is 0 Å². The van der Waals surface area contributed by atoms with Gasteiger partial charge in [0.15, 0.2) is 4.90 Å². The summed E-state index contributed by atoms with van der Waals surface area (Å²) in [6.07, 6.45) is 0. The molecule has 0 fully saturated rings. The van der Waals surface area contributed by atoms with Crippen LogP contribution in [0.15, 0.2) is 35.2 Å². The summed E-state index contributed by atoms with van der Waals surface area (Å²) in [5, 5.41) is 13.0. The van der Waals surface area contributed by atoms with Crippen LogP contribution in [-0.4, -0.2) is 29.3 Å². The number of nitro groups is 1. The predicted octanol–water partition coefficient (Wildman–Crippen LogP) is 1.86. The Balaban J connectivity index is 2.23. The zero-order chi connectivity index (χ0) is 17.9. The van der Waals surface area contributed by atoms with Crippen molar-refractivity contribution in [2.75, 3.05) is 5.32 Å². The monoisotopic (exact) mass is 371 g/mol. The van der Waals surface area contributed by atoms with Gasteiger partial charge in [0.1, 0.15) is 5.15 Å². The molecular weight excluding hydrogens is 362 g/mol. The summed E-state index contributed by atoms with van der Waals surface area (Å²) in [7, 11) is -4.47. The van der Waals surface area contributed by atoms with E-state index < -0.39 is 31.6 Å². The van der Waals surface area contributed by atoms with Crippen LogP contribution in [0.3, 0.4) is 0 Å². The third-order valence-corrected chi connectivity index (χ3v) is 4.20. The van der Waals surface area contributed by atoms with Crippen LogP contribution in [-0.2, 0) is 10.0 Å². The molecule has 1 aromatic carbocycles. The fraction of sp³-hybridized carbons (Fsp3) is 0.0833. The minimum atomic E-state index is -4.47. The van der Waals surface area contributed by atoms with E-state index in [9.17, 15) is 23.3 Å². The lowest BCUT2D eigenvalue weighted by Gasteiger charge is -2.08. The summed E-state index contributed by atoms with van der Waals surface area (Å²) in [6.45, 7) is 1.60. The molecule has 2 rings (SSSR count). The highest BCUT2D eigenvalue weighted by molar-refractivity contribution is 7.90. The van der Waals surface area contributed by atoms with E-state index in [4.69, 9.17) is 11.6 Å². The van der Waals surface area contributed by atoms with E-state index in [1.165, 1.54) is 18.2 Å². The number of hydrogen-bond acceptors (Lipinski definition) is 7. The maximum Gasteiger partial charge on any atom is 0.335 e. The van der Waals surface area contributed by atoms with Crippen molar-refractivity contribution >= 4 is 39.3 Å². The van der Waals surface area contributed by atoms with Gasteiger partial charge in [0.05, 0.1) is 4.92 Å². The van der Waals surface area contributed by atoms with Crippen LogP contribution >= 0.6 is 11.6 Å². The normalized spacial score (nSPS) is 10.9. The van der Waals surface area contributed by atoms with Gasteiger partial charge in [-0.25, -0.2) is 27.9 Å². The van der Waals surface area contributed by atoms with E-state index in [1.54, 1.807) is 11.6 Å². The number of nitrogens with one attached hydrogen (secondary N) is 2. The molecule has 2 aromatic rings. The summed E-state index contributed by atoms with van der Waals surface area (Å²) in [5.74, 6) is -0.213. The Labute approximate surface area is 141 Å². The number of aryl methyl sites for hydroxylation is 1. The highest BCUT2D eigenvalue weighted by atomic mass is 35.5. The van der Waals surface area contributed by atoms with Gasteiger partial charge < -0.3 is 0 Å². The van der Waals surface area contributed by atoms with Crippen LogP contribution in [0.25, 0.3) is 0 Å². The Bertz CT molecular complexity index is 898. The SMILES string of the molecule is Cc1cc(Cl)nc(NC(=O)NS(=O)(=O)c2ccccc2[N+](=O)[O-])n1. The number of para-hydroxylation sites is 1. The standard InChI is InChI=1S/C12H10ClN5O5S/c1-7-6-10(13)15-11(14-7)16-12(19)17-24(22,23)9-5-3-2-4-8(9)18(20)21/h2-6H,1H3,(H2,14,15,16,17,19). The predicted molar refractivity (Wildman–Crippen MR) is 84.2 cm³/mol. The third-order valence-electron chi connectivity index (χ3n) is 2.63. The quantitative estimate of drug-likeness (QED) is 0.474. The van der Waals surface area contributed by atoms with E-state index in [2.05, 4.69) is 15.3 Å². The molecule has 0 spiro atoms. The number of benzene rings is 1. The number of hydrogen-bond donors (Lipinski definition) is 2. The molecule has 0 radical (unpaired) electrons.